The van der Waals surface area contributed by atoms with Crippen molar-refractivity contribution in [3.05, 3.63) is 54.1 Å². The Morgan fingerprint density at radius 1 is 1.15 bits per heavy atom. The molecule has 1 amide bonds. The molecule has 0 radical (unpaired) electrons. The number of ketones is 1. The number of carbonyl (C=O) groups is 2. The van der Waals surface area contributed by atoms with Gasteiger partial charge in [-0.15, -0.1) is 10.2 Å². The molecule has 0 unspecified atom stereocenters. The Hall–Kier alpha value is -3.55. The minimum Gasteiger partial charge on any atom is -0.481 e. The summed E-state index contributed by atoms with van der Waals surface area (Å²) in [7, 11) is 0. The lowest BCUT2D eigenvalue weighted by molar-refractivity contribution is -0.122. The molecule has 1 aromatic heterocycles. The molecule has 0 aliphatic heterocycles. The maximum Gasteiger partial charge on any atom is 0.265 e. The van der Waals surface area contributed by atoms with Gasteiger partial charge in [0.25, 0.3) is 5.91 Å². The van der Waals surface area contributed by atoms with Crippen molar-refractivity contribution in [1.29, 1.82) is 0 Å². The maximum absolute atomic E-state index is 12.3. The van der Waals surface area contributed by atoms with E-state index in [0.717, 1.165) is 5.56 Å². The second kappa shape index (κ2) is 7.56. The standard InChI is InChI=1S/C18H17N5O3/c1-11(24)13-6-8-16(9-7-13)26-12(2)18(25)19-15-5-3-4-14(10-15)17-20-22-23-21-17/h3-10,12H,1-2H3,(H,19,25)(H,20,21,22,23)/t12-/m1/s1. The van der Waals surface area contributed by atoms with Crippen molar-refractivity contribution < 1.29 is 14.3 Å². The van der Waals surface area contributed by atoms with Gasteiger partial charge in [0.2, 0.25) is 5.82 Å². The fourth-order valence-corrected chi connectivity index (χ4v) is 2.29. The molecule has 1 heterocycles. The molecule has 1 atom stereocenters. The summed E-state index contributed by atoms with van der Waals surface area (Å²) < 4.78 is 5.62. The van der Waals surface area contributed by atoms with E-state index < -0.39 is 6.10 Å². The van der Waals surface area contributed by atoms with E-state index in [9.17, 15) is 9.59 Å². The maximum atomic E-state index is 12.3. The molecular weight excluding hydrogens is 334 g/mol. The number of rotatable bonds is 6. The number of nitrogens with zero attached hydrogens (tertiary/aromatic N) is 3. The Bertz CT molecular complexity index is 907. The number of anilines is 1. The molecular formula is C18H17N5O3. The Morgan fingerprint density at radius 2 is 1.92 bits per heavy atom. The summed E-state index contributed by atoms with van der Waals surface area (Å²) in [5, 5.41) is 16.5. The van der Waals surface area contributed by atoms with Crippen LogP contribution in [0.15, 0.2) is 48.5 Å². The number of amides is 1. The zero-order valence-electron chi connectivity index (χ0n) is 14.3. The molecule has 8 heteroatoms. The van der Waals surface area contributed by atoms with Crippen molar-refractivity contribution in [3.63, 3.8) is 0 Å². The summed E-state index contributed by atoms with van der Waals surface area (Å²) in [4.78, 5) is 23.6. The van der Waals surface area contributed by atoms with Gasteiger partial charge in [0.15, 0.2) is 11.9 Å². The van der Waals surface area contributed by atoms with Crippen molar-refractivity contribution >= 4 is 17.4 Å². The lowest BCUT2D eigenvalue weighted by atomic mass is 10.1. The van der Waals surface area contributed by atoms with E-state index in [1.165, 1.54) is 6.92 Å². The van der Waals surface area contributed by atoms with Crippen LogP contribution in [0.1, 0.15) is 24.2 Å². The molecule has 0 aliphatic carbocycles. The van der Waals surface area contributed by atoms with Gasteiger partial charge in [-0.1, -0.05) is 12.1 Å². The van der Waals surface area contributed by atoms with Crippen molar-refractivity contribution in [2.45, 2.75) is 20.0 Å². The second-order valence-corrected chi connectivity index (χ2v) is 5.65. The molecule has 0 aliphatic rings. The number of H-pyrrole nitrogens is 1. The molecule has 2 N–H and O–H groups in total. The van der Waals surface area contributed by atoms with Crippen molar-refractivity contribution in [3.8, 4) is 17.1 Å². The average Bonchev–Trinajstić information content (AvgIpc) is 3.17. The fraction of sp³-hybridized carbons (Fsp3) is 0.167. The molecule has 132 valence electrons. The number of tetrazole rings is 1. The van der Waals surface area contributed by atoms with Crippen LogP contribution < -0.4 is 10.1 Å². The predicted octanol–water partition coefficient (Wildman–Crippen LogP) is 2.48. The number of aromatic amines is 1. The molecule has 0 fully saturated rings. The van der Waals surface area contributed by atoms with Crippen LogP contribution in [0, 0.1) is 0 Å². The topological polar surface area (TPSA) is 110 Å². The van der Waals surface area contributed by atoms with Crippen molar-refractivity contribution in [2.75, 3.05) is 5.32 Å². The van der Waals surface area contributed by atoms with Crippen molar-refractivity contribution in [2.24, 2.45) is 0 Å². The molecule has 3 aromatic rings. The monoisotopic (exact) mass is 351 g/mol. The van der Waals surface area contributed by atoms with Gasteiger partial charge in [0.05, 0.1) is 0 Å². The fourth-order valence-electron chi connectivity index (χ4n) is 2.29. The SMILES string of the molecule is CC(=O)c1ccc(O[C@H](C)C(=O)Nc2cccc(-c3nn[nH]n3)c2)cc1. The van der Waals surface area contributed by atoms with Crippen LogP contribution in [0.3, 0.4) is 0 Å². The molecule has 0 saturated carbocycles. The van der Waals surface area contributed by atoms with Gasteiger partial charge >= 0.3 is 0 Å². The Morgan fingerprint density at radius 3 is 2.58 bits per heavy atom. The van der Waals surface area contributed by atoms with Crippen LogP contribution in [-0.4, -0.2) is 38.4 Å². The van der Waals surface area contributed by atoms with E-state index in [-0.39, 0.29) is 11.7 Å². The van der Waals surface area contributed by atoms with E-state index in [0.29, 0.717) is 22.8 Å². The predicted molar refractivity (Wildman–Crippen MR) is 94.8 cm³/mol. The number of Topliss-reactive ketones (excluding diaryl/α,β-unsaturated/α-hetero) is 1. The van der Waals surface area contributed by atoms with Gasteiger partial charge in [-0.3, -0.25) is 9.59 Å². The number of benzene rings is 2. The minimum atomic E-state index is -0.716. The van der Waals surface area contributed by atoms with Gasteiger partial charge in [0.1, 0.15) is 5.75 Å². The van der Waals surface area contributed by atoms with Crippen LogP contribution >= 0.6 is 0 Å². The Balaban J connectivity index is 1.64. The van der Waals surface area contributed by atoms with E-state index >= 15 is 0 Å². The molecule has 0 bridgehead atoms. The van der Waals surface area contributed by atoms with E-state index in [1.807, 2.05) is 6.07 Å². The molecule has 0 spiro atoms. The van der Waals surface area contributed by atoms with Gasteiger partial charge in [-0.05, 0) is 55.5 Å². The number of carbonyl (C=O) groups excluding carboxylic acids is 2. The lowest BCUT2D eigenvalue weighted by Crippen LogP contribution is -2.30. The quantitative estimate of drug-likeness (QED) is 0.660. The van der Waals surface area contributed by atoms with Gasteiger partial charge in [-0.2, -0.15) is 5.21 Å². The summed E-state index contributed by atoms with van der Waals surface area (Å²) in [6, 6.07) is 13.8. The highest BCUT2D eigenvalue weighted by Gasteiger charge is 2.15. The van der Waals surface area contributed by atoms with Gasteiger partial charge in [0, 0.05) is 16.8 Å². The molecule has 3 rings (SSSR count). The van der Waals surface area contributed by atoms with Crippen molar-refractivity contribution in [1.82, 2.24) is 20.6 Å². The minimum absolute atomic E-state index is 0.0242. The third kappa shape index (κ3) is 4.10. The summed E-state index contributed by atoms with van der Waals surface area (Å²) >= 11 is 0. The van der Waals surface area contributed by atoms with E-state index in [4.69, 9.17) is 4.74 Å². The molecule has 26 heavy (non-hydrogen) atoms. The Kier molecular flexibility index (Phi) is 5.02. The highest BCUT2D eigenvalue weighted by atomic mass is 16.5. The number of aromatic nitrogens is 4. The number of nitrogens with one attached hydrogen (secondary N) is 2. The number of hydrogen-bond donors (Lipinski definition) is 2. The lowest BCUT2D eigenvalue weighted by Gasteiger charge is -2.15. The van der Waals surface area contributed by atoms with Gasteiger partial charge in [-0.25, -0.2) is 0 Å². The zero-order chi connectivity index (χ0) is 18.5. The average molecular weight is 351 g/mol. The summed E-state index contributed by atoms with van der Waals surface area (Å²) in [6.45, 7) is 3.14. The van der Waals surface area contributed by atoms with E-state index in [2.05, 4.69) is 25.9 Å². The molecule has 8 nitrogen and oxygen atoms in total. The first-order valence-electron chi connectivity index (χ1n) is 7.95. The van der Waals surface area contributed by atoms with Crippen LogP contribution in [0.25, 0.3) is 11.4 Å². The highest BCUT2D eigenvalue weighted by molar-refractivity contribution is 5.95. The largest absolute Gasteiger partial charge is 0.481 e. The van der Waals surface area contributed by atoms with Gasteiger partial charge < -0.3 is 10.1 Å². The Labute approximate surface area is 149 Å². The third-order valence-electron chi connectivity index (χ3n) is 3.68. The third-order valence-corrected chi connectivity index (χ3v) is 3.68. The summed E-state index contributed by atoms with van der Waals surface area (Å²) in [5.41, 5.74) is 1.91. The summed E-state index contributed by atoms with van der Waals surface area (Å²) in [5.74, 6) is 0.629. The van der Waals surface area contributed by atoms with Crippen LogP contribution in [-0.2, 0) is 4.79 Å². The zero-order valence-corrected chi connectivity index (χ0v) is 14.3. The second-order valence-electron chi connectivity index (χ2n) is 5.65. The molecule has 2 aromatic carbocycles. The van der Waals surface area contributed by atoms with Crippen LogP contribution in [0.2, 0.25) is 0 Å². The van der Waals surface area contributed by atoms with Crippen LogP contribution in [0.4, 0.5) is 5.69 Å². The normalized spacial score (nSPS) is 11.6. The molecule has 0 saturated heterocycles. The first kappa shape index (κ1) is 17.3. The summed E-state index contributed by atoms with van der Waals surface area (Å²) in [6.07, 6.45) is -0.716. The van der Waals surface area contributed by atoms with E-state index in [1.54, 1.807) is 49.4 Å². The number of hydrogen-bond acceptors (Lipinski definition) is 6. The van der Waals surface area contributed by atoms with Crippen LogP contribution in [0.5, 0.6) is 5.75 Å². The highest BCUT2D eigenvalue weighted by Crippen LogP contribution is 2.19. The smallest absolute Gasteiger partial charge is 0.265 e. The number of ether oxygens (including phenoxy) is 1. The first-order valence-corrected chi connectivity index (χ1v) is 7.95. The first-order chi connectivity index (χ1) is 12.5.